The molecule has 0 spiro atoms. The summed E-state index contributed by atoms with van der Waals surface area (Å²) in [7, 11) is 2.05. The fraction of sp³-hybridized carbons (Fsp3) is 0.872. The van der Waals surface area contributed by atoms with Crippen molar-refractivity contribution in [2.24, 2.45) is 56.7 Å². The van der Waals surface area contributed by atoms with Gasteiger partial charge in [-0.15, -0.1) is 0 Å². The third kappa shape index (κ3) is 4.72. The number of nitrogens with zero attached hydrogens (tertiary/aromatic N) is 3. The number of carboxylic acids is 1. The van der Waals surface area contributed by atoms with E-state index in [1.165, 1.54) is 0 Å². The second-order valence-electron chi connectivity index (χ2n) is 18.4. The van der Waals surface area contributed by atoms with E-state index in [0.717, 1.165) is 64.6 Å². The Kier molecular flexibility index (Phi) is 8.57. The Labute approximate surface area is 288 Å². The number of nitrogens with one attached hydrogen (secondary N) is 1. The number of likely N-dealkylation sites (N-methyl/N-ethyl adjacent to an activating group) is 1. The normalized spacial score (nSPS) is 45.8. The summed E-state index contributed by atoms with van der Waals surface area (Å²) in [4.78, 5) is 17.9. The number of hydrogen-bond donors (Lipinski definition) is 2. The number of ether oxygens (including phenoxy) is 3. The van der Waals surface area contributed by atoms with Gasteiger partial charge in [0, 0.05) is 29.6 Å². The molecule has 0 radical (unpaired) electrons. The monoisotopic (exact) mass is 666 g/mol. The highest BCUT2D eigenvalue weighted by molar-refractivity contribution is 5.73. The van der Waals surface area contributed by atoms with E-state index in [1.807, 2.05) is 6.33 Å². The van der Waals surface area contributed by atoms with E-state index >= 15 is 0 Å². The van der Waals surface area contributed by atoms with Crippen molar-refractivity contribution in [2.45, 2.75) is 118 Å². The lowest BCUT2D eigenvalue weighted by Gasteiger charge is -2.71. The molecule has 11 atom stereocenters. The molecule has 3 saturated carbocycles. The minimum absolute atomic E-state index is 0.0282. The molecule has 2 bridgehead atoms. The fourth-order valence-corrected chi connectivity index (χ4v) is 13.0. The van der Waals surface area contributed by atoms with Crippen LogP contribution in [0.25, 0.3) is 0 Å². The first-order valence-electron chi connectivity index (χ1n) is 18.9. The number of hydrogen-bond acceptors (Lipinski definition) is 7. The molecule has 6 aliphatic rings. The second kappa shape index (κ2) is 11.9. The van der Waals surface area contributed by atoms with E-state index < -0.39 is 11.9 Å². The third-order valence-electron chi connectivity index (χ3n) is 16.4. The van der Waals surface area contributed by atoms with Crippen LogP contribution < -0.4 is 5.32 Å². The van der Waals surface area contributed by atoms with Gasteiger partial charge in [-0.05, 0) is 98.3 Å². The third-order valence-corrected chi connectivity index (χ3v) is 16.4. The van der Waals surface area contributed by atoms with Gasteiger partial charge in [0.15, 0.2) is 0 Å². The Morgan fingerprint density at radius 2 is 1.81 bits per heavy atom. The van der Waals surface area contributed by atoms with Gasteiger partial charge in [-0.25, -0.2) is 9.67 Å². The molecular formula is C39H62N4O5. The molecule has 1 aromatic rings. The van der Waals surface area contributed by atoms with E-state index in [4.69, 9.17) is 19.3 Å². The Morgan fingerprint density at radius 3 is 2.46 bits per heavy atom. The van der Waals surface area contributed by atoms with E-state index in [9.17, 15) is 9.90 Å². The topological polar surface area (TPSA) is 108 Å². The average Bonchev–Trinajstić information content (AvgIpc) is 3.59. The van der Waals surface area contributed by atoms with Crippen LogP contribution in [-0.4, -0.2) is 77.6 Å². The number of aliphatic carboxylic acids is 1. The van der Waals surface area contributed by atoms with Crippen LogP contribution in [0.4, 0.5) is 0 Å². The number of carboxylic acid groups (broad SMARTS) is 1. The first kappa shape index (κ1) is 34.6. The molecule has 0 aromatic carbocycles. The molecule has 4 aliphatic carbocycles. The average molecular weight is 667 g/mol. The molecule has 1 unspecified atom stereocenters. The Balaban J connectivity index is 1.28. The first-order valence-corrected chi connectivity index (χ1v) is 18.9. The van der Waals surface area contributed by atoms with Crippen LogP contribution in [0.15, 0.2) is 24.3 Å². The highest BCUT2D eigenvalue weighted by Crippen LogP contribution is 2.75. The summed E-state index contributed by atoms with van der Waals surface area (Å²) in [6.07, 6.45) is 13.8. The van der Waals surface area contributed by atoms with Gasteiger partial charge in [-0.3, -0.25) is 4.79 Å². The maximum Gasteiger partial charge on any atom is 0.307 e. The van der Waals surface area contributed by atoms with Crippen LogP contribution in [0.2, 0.25) is 0 Å². The van der Waals surface area contributed by atoms with Crippen LogP contribution >= 0.6 is 0 Å². The summed E-state index contributed by atoms with van der Waals surface area (Å²) < 4.78 is 21.7. The quantitative estimate of drug-likeness (QED) is 0.301. The van der Waals surface area contributed by atoms with Crippen LogP contribution in [0.5, 0.6) is 0 Å². The molecule has 0 amide bonds. The van der Waals surface area contributed by atoms with Crippen molar-refractivity contribution in [2.75, 3.05) is 40.1 Å². The van der Waals surface area contributed by atoms with Gasteiger partial charge in [0.1, 0.15) is 12.7 Å². The Hall–Kier alpha value is -1.81. The molecule has 48 heavy (non-hydrogen) atoms. The van der Waals surface area contributed by atoms with Crippen molar-refractivity contribution in [3.63, 3.8) is 0 Å². The summed E-state index contributed by atoms with van der Waals surface area (Å²) in [5.74, 6) is 0.523. The molecule has 9 heteroatoms. The number of fused-ring (bicyclic) bond motifs is 3. The molecule has 3 heterocycles. The zero-order chi connectivity index (χ0) is 34.3. The standard InChI is InChI=1S/C39H62N4O5/c1-25(2)26(3)34(4)13-14-36(6)27-9-10-30-35(5)20-47-22-39(30,28(27)11-12-37(36,7)31(34)33(44)45)19-29(43-24-41-23-42-43)32(35)48-21-38(40-8)15-17-46-18-16-38/h11,23-27,29-32,40H,9-10,12-22H2,1-8H3,(H,44,45)/t26-,27+,29-,30+,31-,32+,34-,35?,36-,37+,39+/m1/s1. The minimum Gasteiger partial charge on any atom is -0.481 e. The SMILES string of the molecule is CNC1(CO[C@H]2[C@H](n3cncn3)C[C@@]34COCC2(C)[C@@H]3CC[C@H]2C4=CC[C@@]3(C)[C@H](C(=O)O)[C@@](C)([C@H](C)C(C)C)CC[C@]23C)CCOCC1. The fourth-order valence-electron chi connectivity index (χ4n) is 13.0. The lowest BCUT2D eigenvalue weighted by Crippen LogP contribution is -2.69. The maximum atomic E-state index is 13.5. The number of carbonyl (C=O) groups is 1. The predicted octanol–water partition coefficient (Wildman–Crippen LogP) is 6.56. The van der Waals surface area contributed by atoms with Gasteiger partial charge in [0.2, 0.25) is 0 Å². The van der Waals surface area contributed by atoms with Crippen LogP contribution in [0.3, 0.4) is 0 Å². The summed E-state index contributed by atoms with van der Waals surface area (Å²) >= 11 is 0. The number of aromatic nitrogens is 3. The smallest absolute Gasteiger partial charge is 0.307 e. The van der Waals surface area contributed by atoms with Gasteiger partial charge in [-0.2, -0.15) is 5.10 Å². The highest BCUT2D eigenvalue weighted by atomic mass is 16.5. The van der Waals surface area contributed by atoms with Crippen molar-refractivity contribution in [1.82, 2.24) is 20.1 Å². The summed E-state index contributed by atoms with van der Waals surface area (Å²) in [6, 6.07) is 0.0282. The zero-order valence-electron chi connectivity index (χ0n) is 30.9. The summed E-state index contributed by atoms with van der Waals surface area (Å²) in [6.45, 7) is 19.8. The van der Waals surface area contributed by atoms with E-state index in [-0.39, 0.29) is 44.8 Å². The van der Waals surface area contributed by atoms with E-state index in [2.05, 4.69) is 76.6 Å². The van der Waals surface area contributed by atoms with Gasteiger partial charge in [0.05, 0.1) is 37.9 Å². The van der Waals surface area contributed by atoms with E-state index in [0.29, 0.717) is 43.5 Å². The van der Waals surface area contributed by atoms with Crippen molar-refractivity contribution in [3.05, 3.63) is 24.3 Å². The van der Waals surface area contributed by atoms with Crippen LogP contribution in [-0.2, 0) is 19.0 Å². The molecular weight excluding hydrogens is 604 g/mol. The molecule has 2 N–H and O–H groups in total. The molecule has 2 saturated heterocycles. The van der Waals surface area contributed by atoms with Gasteiger partial charge in [0.25, 0.3) is 0 Å². The zero-order valence-corrected chi connectivity index (χ0v) is 30.9. The molecule has 2 aliphatic heterocycles. The molecule has 9 nitrogen and oxygen atoms in total. The van der Waals surface area contributed by atoms with Gasteiger partial charge < -0.3 is 24.6 Å². The van der Waals surface area contributed by atoms with Crippen molar-refractivity contribution < 1.29 is 24.1 Å². The minimum atomic E-state index is -0.608. The summed E-state index contributed by atoms with van der Waals surface area (Å²) in [5.41, 5.74) is 0.420. The highest BCUT2D eigenvalue weighted by Gasteiger charge is 2.72. The molecule has 1 aromatic heterocycles. The van der Waals surface area contributed by atoms with Crippen molar-refractivity contribution in [1.29, 1.82) is 0 Å². The number of allylic oxidation sites excluding steroid dienone is 1. The Morgan fingerprint density at radius 1 is 1.06 bits per heavy atom. The Bertz CT molecular complexity index is 1390. The lowest BCUT2D eigenvalue weighted by atomic mass is 9.34. The maximum absolute atomic E-state index is 13.5. The van der Waals surface area contributed by atoms with Crippen LogP contribution in [0, 0.1) is 56.7 Å². The number of rotatable bonds is 8. The predicted molar refractivity (Wildman–Crippen MR) is 184 cm³/mol. The second-order valence-corrected chi connectivity index (χ2v) is 18.4. The largest absolute Gasteiger partial charge is 0.481 e. The molecule has 5 fully saturated rings. The van der Waals surface area contributed by atoms with Gasteiger partial charge >= 0.3 is 5.97 Å². The van der Waals surface area contributed by atoms with Gasteiger partial charge in [-0.1, -0.05) is 60.1 Å². The van der Waals surface area contributed by atoms with Crippen molar-refractivity contribution in [3.8, 4) is 0 Å². The first-order chi connectivity index (χ1) is 22.7. The van der Waals surface area contributed by atoms with E-state index in [1.54, 1.807) is 11.9 Å². The molecule has 268 valence electrons. The lowest BCUT2D eigenvalue weighted by molar-refractivity contribution is -0.253. The van der Waals surface area contributed by atoms with Crippen LogP contribution in [0.1, 0.15) is 106 Å². The van der Waals surface area contributed by atoms with Crippen molar-refractivity contribution >= 4 is 5.97 Å². The summed E-state index contributed by atoms with van der Waals surface area (Å²) in [5, 5.41) is 19.4. The molecule has 7 rings (SSSR count).